The summed E-state index contributed by atoms with van der Waals surface area (Å²) in [5.74, 6) is 0.957. The summed E-state index contributed by atoms with van der Waals surface area (Å²) in [6.07, 6.45) is 0. The molecule has 1 aliphatic heterocycles. The molecule has 0 saturated carbocycles. The second kappa shape index (κ2) is 3.16. The number of fused-ring (bicyclic) bond motifs is 1. The third-order valence-corrected chi connectivity index (χ3v) is 2.83. The molecule has 0 aliphatic carbocycles. The van der Waals surface area contributed by atoms with E-state index in [0.717, 1.165) is 22.5 Å². The van der Waals surface area contributed by atoms with Crippen LogP contribution in [0, 0.1) is 0 Å². The fraction of sp³-hybridized carbons (Fsp3) is 0.455. The number of nitrogens with zero attached hydrogens (tertiary/aromatic N) is 1. The SMILES string of the molecule is CN1CC(C)(C)Oc2cc(Br)ccc21. The average Bonchev–Trinajstić information content (AvgIpc) is 2.00. The molecule has 0 bridgehead atoms. The molecule has 0 fully saturated rings. The van der Waals surface area contributed by atoms with Crippen LogP contribution in [0.1, 0.15) is 13.8 Å². The van der Waals surface area contributed by atoms with E-state index in [1.165, 1.54) is 0 Å². The molecule has 2 nitrogen and oxygen atoms in total. The van der Waals surface area contributed by atoms with E-state index in [0.29, 0.717) is 0 Å². The molecule has 14 heavy (non-hydrogen) atoms. The van der Waals surface area contributed by atoms with Crippen LogP contribution in [0.3, 0.4) is 0 Å². The van der Waals surface area contributed by atoms with Gasteiger partial charge in [-0.1, -0.05) is 15.9 Å². The van der Waals surface area contributed by atoms with Crippen LogP contribution in [0.15, 0.2) is 22.7 Å². The molecule has 3 heteroatoms. The van der Waals surface area contributed by atoms with Gasteiger partial charge >= 0.3 is 0 Å². The van der Waals surface area contributed by atoms with Crippen molar-refractivity contribution in [2.24, 2.45) is 0 Å². The number of ether oxygens (including phenoxy) is 1. The Morgan fingerprint density at radius 3 is 2.86 bits per heavy atom. The Morgan fingerprint density at radius 2 is 2.14 bits per heavy atom. The van der Waals surface area contributed by atoms with Crippen molar-refractivity contribution < 1.29 is 4.74 Å². The number of hydrogen-bond acceptors (Lipinski definition) is 2. The summed E-state index contributed by atoms with van der Waals surface area (Å²) < 4.78 is 6.96. The topological polar surface area (TPSA) is 12.5 Å². The lowest BCUT2D eigenvalue weighted by Crippen LogP contribution is -2.45. The number of anilines is 1. The van der Waals surface area contributed by atoms with E-state index in [-0.39, 0.29) is 5.60 Å². The minimum absolute atomic E-state index is 0.109. The molecule has 0 saturated heterocycles. The maximum Gasteiger partial charge on any atom is 0.144 e. The quantitative estimate of drug-likeness (QED) is 0.707. The first-order chi connectivity index (χ1) is 6.48. The molecular weight excluding hydrogens is 242 g/mol. The van der Waals surface area contributed by atoms with E-state index >= 15 is 0 Å². The fourth-order valence-electron chi connectivity index (χ4n) is 1.87. The highest BCUT2D eigenvalue weighted by molar-refractivity contribution is 9.10. The van der Waals surface area contributed by atoms with Gasteiger partial charge in [-0.05, 0) is 32.0 Å². The van der Waals surface area contributed by atoms with Crippen LogP contribution in [-0.4, -0.2) is 19.2 Å². The molecular formula is C11H14BrNO. The van der Waals surface area contributed by atoms with Crippen molar-refractivity contribution in [3.05, 3.63) is 22.7 Å². The Morgan fingerprint density at radius 1 is 1.43 bits per heavy atom. The molecule has 0 amide bonds. The van der Waals surface area contributed by atoms with Crippen molar-refractivity contribution >= 4 is 21.6 Å². The van der Waals surface area contributed by atoms with Gasteiger partial charge < -0.3 is 9.64 Å². The van der Waals surface area contributed by atoms with E-state index in [1.807, 2.05) is 12.1 Å². The number of benzene rings is 1. The maximum absolute atomic E-state index is 5.90. The minimum Gasteiger partial charge on any atom is -0.484 e. The highest BCUT2D eigenvalue weighted by Crippen LogP contribution is 2.37. The molecule has 0 aromatic heterocycles. The Bertz CT molecular complexity index is 362. The number of likely N-dealkylation sites (N-methyl/N-ethyl adjacent to an activating group) is 1. The first kappa shape index (κ1) is 9.84. The minimum atomic E-state index is -0.109. The summed E-state index contributed by atoms with van der Waals surface area (Å²) in [7, 11) is 2.09. The zero-order chi connectivity index (χ0) is 10.3. The molecule has 2 rings (SSSR count). The van der Waals surface area contributed by atoms with E-state index in [1.54, 1.807) is 0 Å². The predicted molar refractivity (Wildman–Crippen MR) is 62.1 cm³/mol. The summed E-state index contributed by atoms with van der Waals surface area (Å²) in [5.41, 5.74) is 1.05. The van der Waals surface area contributed by atoms with E-state index in [4.69, 9.17) is 4.74 Å². The second-order valence-corrected chi connectivity index (χ2v) is 5.25. The van der Waals surface area contributed by atoms with Crippen LogP contribution in [0.4, 0.5) is 5.69 Å². The monoisotopic (exact) mass is 255 g/mol. The van der Waals surface area contributed by atoms with Gasteiger partial charge in [0.15, 0.2) is 0 Å². The zero-order valence-corrected chi connectivity index (χ0v) is 10.3. The van der Waals surface area contributed by atoms with Gasteiger partial charge in [-0.3, -0.25) is 0 Å². The van der Waals surface area contributed by atoms with Gasteiger partial charge in [0.1, 0.15) is 11.4 Å². The third kappa shape index (κ3) is 1.73. The van der Waals surface area contributed by atoms with Gasteiger partial charge in [-0.15, -0.1) is 0 Å². The van der Waals surface area contributed by atoms with Crippen molar-refractivity contribution in [1.29, 1.82) is 0 Å². The van der Waals surface area contributed by atoms with Crippen LogP contribution in [0.25, 0.3) is 0 Å². The van der Waals surface area contributed by atoms with Gasteiger partial charge in [0, 0.05) is 11.5 Å². The lowest BCUT2D eigenvalue weighted by Gasteiger charge is -2.39. The molecule has 1 heterocycles. The molecule has 1 aromatic carbocycles. The molecule has 0 unspecified atom stereocenters. The summed E-state index contributed by atoms with van der Waals surface area (Å²) in [6.45, 7) is 5.13. The largest absolute Gasteiger partial charge is 0.484 e. The smallest absolute Gasteiger partial charge is 0.144 e. The zero-order valence-electron chi connectivity index (χ0n) is 8.67. The Labute approximate surface area is 93.0 Å². The first-order valence-corrected chi connectivity index (χ1v) is 5.47. The first-order valence-electron chi connectivity index (χ1n) is 4.68. The molecule has 0 radical (unpaired) electrons. The number of halogens is 1. The van der Waals surface area contributed by atoms with Crippen LogP contribution in [0.5, 0.6) is 5.75 Å². The molecule has 1 aliphatic rings. The van der Waals surface area contributed by atoms with Gasteiger partial charge in [0.2, 0.25) is 0 Å². The summed E-state index contributed by atoms with van der Waals surface area (Å²) in [6, 6.07) is 6.14. The summed E-state index contributed by atoms with van der Waals surface area (Å²) in [4.78, 5) is 2.23. The lowest BCUT2D eigenvalue weighted by molar-refractivity contribution is 0.107. The van der Waals surface area contributed by atoms with Crippen LogP contribution < -0.4 is 9.64 Å². The van der Waals surface area contributed by atoms with E-state index in [9.17, 15) is 0 Å². The molecule has 1 aromatic rings. The van der Waals surface area contributed by atoms with Crippen molar-refractivity contribution in [3.8, 4) is 5.75 Å². The second-order valence-electron chi connectivity index (χ2n) is 4.33. The maximum atomic E-state index is 5.90. The summed E-state index contributed by atoms with van der Waals surface area (Å²) in [5, 5.41) is 0. The van der Waals surface area contributed by atoms with Crippen molar-refractivity contribution in [2.45, 2.75) is 19.4 Å². The third-order valence-electron chi connectivity index (χ3n) is 2.34. The Kier molecular flexibility index (Phi) is 2.22. The molecule has 0 atom stereocenters. The molecule has 76 valence electrons. The Hall–Kier alpha value is -0.700. The van der Waals surface area contributed by atoms with E-state index in [2.05, 4.69) is 47.8 Å². The number of hydrogen-bond donors (Lipinski definition) is 0. The van der Waals surface area contributed by atoms with Gasteiger partial charge in [-0.2, -0.15) is 0 Å². The fourth-order valence-corrected chi connectivity index (χ4v) is 2.21. The predicted octanol–water partition coefficient (Wildman–Crippen LogP) is 3.06. The Balaban J connectivity index is 2.46. The summed E-state index contributed by atoms with van der Waals surface area (Å²) >= 11 is 3.45. The van der Waals surface area contributed by atoms with Gasteiger partial charge in [-0.25, -0.2) is 0 Å². The van der Waals surface area contributed by atoms with Crippen molar-refractivity contribution in [2.75, 3.05) is 18.5 Å². The van der Waals surface area contributed by atoms with Crippen molar-refractivity contribution in [3.63, 3.8) is 0 Å². The lowest BCUT2D eigenvalue weighted by atomic mass is 10.1. The van der Waals surface area contributed by atoms with Gasteiger partial charge in [0.25, 0.3) is 0 Å². The normalized spacial score (nSPS) is 18.7. The standard InChI is InChI=1S/C11H14BrNO/c1-11(2)7-13(3)9-5-4-8(12)6-10(9)14-11/h4-6H,7H2,1-3H3. The van der Waals surface area contributed by atoms with E-state index < -0.39 is 0 Å². The molecule has 0 N–H and O–H groups in total. The van der Waals surface area contributed by atoms with Crippen molar-refractivity contribution in [1.82, 2.24) is 0 Å². The van der Waals surface area contributed by atoms with Crippen LogP contribution >= 0.6 is 15.9 Å². The van der Waals surface area contributed by atoms with Crippen LogP contribution in [0.2, 0.25) is 0 Å². The highest BCUT2D eigenvalue weighted by atomic mass is 79.9. The highest BCUT2D eigenvalue weighted by Gasteiger charge is 2.29. The number of rotatable bonds is 0. The molecule has 0 spiro atoms. The van der Waals surface area contributed by atoms with Gasteiger partial charge in [0.05, 0.1) is 12.2 Å². The van der Waals surface area contributed by atoms with Crippen LogP contribution in [-0.2, 0) is 0 Å². The average molecular weight is 256 g/mol.